The van der Waals surface area contributed by atoms with E-state index in [0.29, 0.717) is 18.3 Å². The lowest BCUT2D eigenvalue weighted by Crippen LogP contribution is -2.58. The monoisotopic (exact) mass is 357 g/mol. The molecule has 26 heavy (non-hydrogen) atoms. The molecule has 0 atom stereocenters. The molecular formula is C18H23N5O3. The number of hydrogen-bond donors (Lipinski definition) is 2. The van der Waals surface area contributed by atoms with Gasteiger partial charge in [0.25, 0.3) is 5.91 Å². The third-order valence-corrected chi connectivity index (χ3v) is 4.65. The average molecular weight is 357 g/mol. The third kappa shape index (κ3) is 4.03. The van der Waals surface area contributed by atoms with E-state index < -0.39 is 0 Å². The number of hydrogen-bond acceptors (Lipinski definition) is 6. The Kier molecular flexibility index (Phi) is 4.85. The molecule has 2 N–H and O–H groups in total. The first kappa shape index (κ1) is 17.0. The van der Waals surface area contributed by atoms with Crippen LogP contribution in [0.25, 0.3) is 0 Å². The van der Waals surface area contributed by atoms with Gasteiger partial charge in [-0.2, -0.15) is 0 Å². The third-order valence-electron chi connectivity index (χ3n) is 4.65. The first-order valence-electron chi connectivity index (χ1n) is 8.99. The Bertz CT molecular complexity index is 750. The van der Waals surface area contributed by atoms with Crippen molar-refractivity contribution in [1.29, 1.82) is 0 Å². The first-order chi connectivity index (χ1) is 12.7. The minimum absolute atomic E-state index is 0.0134. The molecule has 1 aliphatic heterocycles. The van der Waals surface area contributed by atoms with Gasteiger partial charge >= 0.3 is 0 Å². The smallest absolute Gasteiger partial charge is 0.273 e. The van der Waals surface area contributed by atoms with Gasteiger partial charge in [0.15, 0.2) is 5.69 Å². The molecular weight excluding hydrogens is 334 g/mol. The van der Waals surface area contributed by atoms with E-state index in [4.69, 9.17) is 9.84 Å². The van der Waals surface area contributed by atoms with E-state index in [9.17, 15) is 4.79 Å². The molecule has 0 spiro atoms. The molecule has 1 saturated heterocycles. The number of rotatable bonds is 8. The van der Waals surface area contributed by atoms with Crippen LogP contribution in [0.4, 0.5) is 0 Å². The minimum Gasteiger partial charge on any atom is -0.491 e. The molecule has 1 saturated carbocycles. The van der Waals surface area contributed by atoms with E-state index in [0.717, 1.165) is 38.2 Å². The van der Waals surface area contributed by atoms with Crippen LogP contribution in [0, 0.1) is 0 Å². The number of aliphatic hydroxyl groups is 1. The lowest BCUT2D eigenvalue weighted by Gasteiger charge is -2.39. The van der Waals surface area contributed by atoms with E-state index in [1.54, 1.807) is 10.9 Å². The lowest BCUT2D eigenvalue weighted by atomic mass is 10.1. The zero-order valence-corrected chi connectivity index (χ0v) is 14.5. The van der Waals surface area contributed by atoms with E-state index >= 15 is 0 Å². The van der Waals surface area contributed by atoms with Crippen molar-refractivity contribution in [3.8, 4) is 5.75 Å². The van der Waals surface area contributed by atoms with Crippen molar-refractivity contribution in [3.05, 3.63) is 41.7 Å². The Hall–Kier alpha value is -2.45. The summed E-state index contributed by atoms with van der Waals surface area (Å²) in [5.74, 6) is 0.614. The Balaban J connectivity index is 1.20. The number of aromatic nitrogens is 3. The highest BCUT2D eigenvalue weighted by Crippen LogP contribution is 2.33. The molecule has 2 aromatic rings. The summed E-state index contributed by atoms with van der Waals surface area (Å²) in [5.41, 5.74) is 1.59. The fraction of sp³-hybridized carbons (Fsp3) is 0.500. The molecule has 138 valence electrons. The largest absolute Gasteiger partial charge is 0.491 e. The summed E-state index contributed by atoms with van der Waals surface area (Å²) in [6, 6.07) is 8.45. The second kappa shape index (κ2) is 7.43. The molecule has 4 rings (SSSR count). The fourth-order valence-corrected chi connectivity index (χ4v) is 3.06. The predicted octanol–water partition coefficient (Wildman–Crippen LogP) is 0.598. The van der Waals surface area contributed by atoms with E-state index in [-0.39, 0.29) is 18.6 Å². The van der Waals surface area contributed by atoms with Gasteiger partial charge in [0, 0.05) is 19.6 Å². The molecule has 0 unspecified atom stereocenters. The highest BCUT2D eigenvalue weighted by atomic mass is 16.5. The summed E-state index contributed by atoms with van der Waals surface area (Å²) in [6.45, 7) is 2.81. The number of ether oxygens (including phenoxy) is 1. The van der Waals surface area contributed by atoms with Crippen LogP contribution in [0.1, 0.15) is 34.9 Å². The van der Waals surface area contributed by atoms with Gasteiger partial charge in [0.2, 0.25) is 0 Å². The van der Waals surface area contributed by atoms with Crippen LogP contribution in [-0.4, -0.2) is 63.3 Å². The van der Waals surface area contributed by atoms with Crippen molar-refractivity contribution in [1.82, 2.24) is 25.2 Å². The van der Waals surface area contributed by atoms with Crippen LogP contribution >= 0.6 is 0 Å². The van der Waals surface area contributed by atoms with Crippen LogP contribution in [0.3, 0.4) is 0 Å². The number of aliphatic hydroxyl groups excluding tert-OH is 1. The molecule has 2 fully saturated rings. The molecule has 0 radical (unpaired) electrons. The maximum Gasteiger partial charge on any atom is 0.273 e. The van der Waals surface area contributed by atoms with E-state index in [2.05, 4.69) is 20.5 Å². The summed E-state index contributed by atoms with van der Waals surface area (Å²) in [4.78, 5) is 14.5. The van der Waals surface area contributed by atoms with Gasteiger partial charge in [-0.25, -0.2) is 4.68 Å². The highest BCUT2D eigenvalue weighted by molar-refractivity contribution is 5.92. The van der Waals surface area contributed by atoms with Crippen molar-refractivity contribution in [3.63, 3.8) is 0 Å². The average Bonchev–Trinajstić information content (AvgIpc) is 3.36. The van der Waals surface area contributed by atoms with Crippen molar-refractivity contribution in [2.75, 3.05) is 26.3 Å². The zero-order chi connectivity index (χ0) is 17.9. The SMILES string of the molecule is O=C(NC1CN(Cc2ccc(OCCO)cc2)C1)c1cn(C2CC2)nn1. The molecule has 1 aromatic heterocycles. The predicted molar refractivity (Wildman–Crippen MR) is 93.8 cm³/mol. The molecule has 8 nitrogen and oxygen atoms in total. The van der Waals surface area contributed by atoms with E-state index in [1.807, 2.05) is 24.3 Å². The molecule has 2 aliphatic rings. The van der Waals surface area contributed by atoms with Crippen LogP contribution in [0.5, 0.6) is 5.75 Å². The number of nitrogens with zero attached hydrogens (tertiary/aromatic N) is 4. The normalized spacial score (nSPS) is 17.7. The Morgan fingerprint density at radius 3 is 2.73 bits per heavy atom. The maximum absolute atomic E-state index is 12.2. The van der Waals surface area contributed by atoms with Crippen molar-refractivity contribution in [2.45, 2.75) is 31.5 Å². The number of benzene rings is 1. The van der Waals surface area contributed by atoms with Crippen LogP contribution in [-0.2, 0) is 6.54 Å². The van der Waals surface area contributed by atoms with Gasteiger partial charge in [0.1, 0.15) is 12.4 Å². The highest BCUT2D eigenvalue weighted by Gasteiger charge is 2.30. The summed E-state index contributed by atoms with van der Waals surface area (Å²) in [7, 11) is 0. The van der Waals surface area contributed by atoms with Crippen LogP contribution < -0.4 is 10.1 Å². The molecule has 2 heterocycles. The maximum atomic E-state index is 12.2. The Labute approximate surface area is 151 Å². The van der Waals surface area contributed by atoms with Gasteiger partial charge < -0.3 is 15.2 Å². The van der Waals surface area contributed by atoms with Crippen LogP contribution in [0.2, 0.25) is 0 Å². The number of carbonyl (C=O) groups is 1. The summed E-state index contributed by atoms with van der Waals surface area (Å²) in [6.07, 6.45) is 3.98. The Morgan fingerprint density at radius 1 is 1.27 bits per heavy atom. The number of nitrogens with one attached hydrogen (secondary N) is 1. The number of likely N-dealkylation sites (tertiary alicyclic amines) is 1. The second-order valence-electron chi connectivity index (χ2n) is 6.90. The Morgan fingerprint density at radius 2 is 2.04 bits per heavy atom. The van der Waals surface area contributed by atoms with Crippen LogP contribution in [0.15, 0.2) is 30.5 Å². The molecule has 0 bridgehead atoms. The number of carbonyl (C=O) groups excluding carboxylic acids is 1. The standard InChI is InChI=1S/C18H23N5O3/c24-7-8-26-16-5-1-13(2-6-16)9-22-10-14(11-22)19-18(25)17-12-23(21-20-17)15-3-4-15/h1-2,5-6,12,14-15,24H,3-4,7-11H2,(H,19,25). The summed E-state index contributed by atoms with van der Waals surface area (Å²) < 4.78 is 7.14. The second-order valence-corrected chi connectivity index (χ2v) is 6.90. The number of amides is 1. The zero-order valence-electron chi connectivity index (χ0n) is 14.5. The molecule has 1 aromatic carbocycles. The van der Waals surface area contributed by atoms with Gasteiger partial charge in [-0.1, -0.05) is 17.3 Å². The molecule has 8 heteroatoms. The molecule has 1 amide bonds. The topological polar surface area (TPSA) is 92.5 Å². The summed E-state index contributed by atoms with van der Waals surface area (Å²) in [5, 5.41) is 19.8. The lowest BCUT2D eigenvalue weighted by molar-refractivity contribution is 0.0790. The van der Waals surface area contributed by atoms with Gasteiger partial charge in [-0.05, 0) is 30.5 Å². The van der Waals surface area contributed by atoms with E-state index in [1.165, 1.54) is 5.56 Å². The fourth-order valence-electron chi connectivity index (χ4n) is 3.06. The van der Waals surface area contributed by atoms with Crippen molar-refractivity contribution in [2.24, 2.45) is 0 Å². The summed E-state index contributed by atoms with van der Waals surface area (Å²) >= 11 is 0. The minimum atomic E-state index is -0.146. The van der Waals surface area contributed by atoms with Gasteiger partial charge in [0.05, 0.1) is 24.9 Å². The van der Waals surface area contributed by atoms with Crippen molar-refractivity contribution < 1.29 is 14.6 Å². The van der Waals surface area contributed by atoms with Gasteiger partial charge in [-0.15, -0.1) is 5.10 Å². The van der Waals surface area contributed by atoms with Gasteiger partial charge in [-0.3, -0.25) is 9.69 Å². The first-order valence-corrected chi connectivity index (χ1v) is 8.99. The quantitative estimate of drug-likeness (QED) is 0.719. The molecule has 1 aliphatic carbocycles. The van der Waals surface area contributed by atoms with Crippen molar-refractivity contribution >= 4 is 5.91 Å².